The van der Waals surface area contributed by atoms with Crippen LogP contribution in [0.15, 0.2) is 24.3 Å². The molecule has 1 aromatic carbocycles. The Balaban J connectivity index is 1.74. The molecule has 2 amide bonds. The fourth-order valence-corrected chi connectivity index (χ4v) is 2.79. The summed E-state index contributed by atoms with van der Waals surface area (Å²) in [6.45, 7) is 7.11. The molecule has 0 spiro atoms. The van der Waals surface area contributed by atoms with E-state index < -0.39 is 0 Å². The van der Waals surface area contributed by atoms with Crippen molar-refractivity contribution in [2.24, 2.45) is 0 Å². The standard InChI is InChI=1S/C18H28N2O2/c1-15(2)16-9-5-6-10-17(16)22-14-11-19-18(21)20-12-7-3-4-8-13-20/h5-6,9-10,15H,3-4,7-8,11-14H2,1-2H3,(H,19,21). The van der Waals surface area contributed by atoms with Crippen molar-refractivity contribution in [1.29, 1.82) is 0 Å². The lowest BCUT2D eigenvalue weighted by Gasteiger charge is -2.21. The van der Waals surface area contributed by atoms with Gasteiger partial charge in [0.2, 0.25) is 0 Å². The number of hydrogen-bond donors (Lipinski definition) is 1. The SMILES string of the molecule is CC(C)c1ccccc1OCCNC(=O)N1CCCCCC1. The molecular formula is C18H28N2O2. The van der Waals surface area contributed by atoms with Crippen LogP contribution in [0.1, 0.15) is 51.0 Å². The molecule has 2 rings (SSSR count). The summed E-state index contributed by atoms with van der Waals surface area (Å²) in [7, 11) is 0. The molecule has 4 heteroatoms. The summed E-state index contributed by atoms with van der Waals surface area (Å²) in [6, 6.07) is 8.14. The number of nitrogens with one attached hydrogen (secondary N) is 1. The van der Waals surface area contributed by atoms with E-state index in [-0.39, 0.29) is 6.03 Å². The summed E-state index contributed by atoms with van der Waals surface area (Å²) in [5, 5.41) is 2.96. The predicted molar refractivity (Wildman–Crippen MR) is 89.5 cm³/mol. The number of carbonyl (C=O) groups is 1. The second-order valence-electron chi connectivity index (χ2n) is 6.17. The number of ether oxygens (including phenoxy) is 1. The molecule has 1 aliphatic rings. The summed E-state index contributed by atoms with van der Waals surface area (Å²) >= 11 is 0. The van der Waals surface area contributed by atoms with Gasteiger partial charge in [-0.25, -0.2) is 4.79 Å². The first-order chi connectivity index (χ1) is 10.7. The number of benzene rings is 1. The van der Waals surface area contributed by atoms with E-state index in [4.69, 9.17) is 4.74 Å². The highest BCUT2D eigenvalue weighted by Gasteiger charge is 2.14. The number of nitrogens with zero attached hydrogens (tertiary/aromatic N) is 1. The molecule has 0 bridgehead atoms. The average molecular weight is 304 g/mol. The molecule has 1 heterocycles. The summed E-state index contributed by atoms with van der Waals surface area (Å²) in [5.74, 6) is 1.35. The van der Waals surface area contributed by atoms with Crippen molar-refractivity contribution >= 4 is 6.03 Å². The molecule has 0 saturated carbocycles. The Bertz CT molecular complexity index is 466. The quantitative estimate of drug-likeness (QED) is 0.841. The molecule has 1 N–H and O–H groups in total. The molecule has 4 nitrogen and oxygen atoms in total. The zero-order chi connectivity index (χ0) is 15.8. The van der Waals surface area contributed by atoms with Gasteiger partial charge in [0.1, 0.15) is 12.4 Å². The number of urea groups is 1. The Morgan fingerprint density at radius 2 is 1.86 bits per heavy atom. The van der Waals surface area contributed by atoms with Crippen LogP contribution in [0.4, 0.5) is 4.79 Å². The molecule has 1 aliphatic heterocycles. The van der Waals surface area contributed by atoms with E-state index in [1.54, 1.807) is 0 Å². The van der Waals surface area contributed by atoms with Crippen LogP contribution < -0.4 is 10.1 Å². The summed E-state index contributed by atoms with van der Waals surface area (Å²) in [6.07, 6.45) is 4.70. The lowest BCUT2D eigenvalue weighted by atomic mass is 10.0. The van der Waals surface area contributed by atoms with Crippen molar-refractivity contribution in [3.8, 4) is 5.75 Å². The van der Waals surface area contributed by atoms with E-state index in [1.165, 1.54) is 18.4 Å². The Kier molecular flexibility index (Phi) is 6.56. The molecule has 0 atom stereocenters. The monoisotopic (exact) mass is 304 g/mol. The molecular weight excluding hydrogens is 276 g/mol. The van der Waals surface area contributed by atoms with Crippen LogP contribution in [0.2, 0.25) is 0 Å². The zero-order valence-electron chi connectivity index (χ0n) is 13.8. The number of para-hydroxylation sites is 1. The maximum atomic E-state index is 12.1. The number of hydrogen-bond acceptors (Lipinski definition) is 2. The lowest BCUT2D eigenvalue weighted by Crippen LogP contribution is -2.41. The third-order valence-electron chi connectivity index (χ3n) is 4.07. The van der Waals surface area contributed by atoms with E-state index in [2.05, 4.69) is 25.2 Å². The van der Waals surface area contributed by atoms with Gasteiger partial charge in [0.05, 0.1) is 6.54 Å². The minimum atomic E-state index is 0.0441. The molecule has 0 radical (unpaired) electrons. The largest absolute Gasteiger partial charge is 0.491 e. The van der Waals surface area contributed by atoms with Gasteiger partial charge in [-0.1, -0.05) is 44.9 Å². The van der Waals surface area contributed by atoms with Gasteiger partial charge in [0.25, 0.3) is 0 Å². The Morgan fingerprint density at radius 1 is 1.18 bits per heavy atom. The third kappa shape index (κ3) is 4.93. The van der Waals surface area contributed by atoms with Gasteiger partial charge in [-0.15, -0.1) is 0 Å². The van der Waals surface area contributed by atoms with E-state index >= 15 is 0 Å². The van der Waals surface area contributed by atoms with Crippen LogP contribution in [0.3, 0.4) is 0 Å². The van der Waals surface area contributed by atoms with Crippen molar-refractivity contribution < 1.29 is 9.53 Å². The maximum Gasteiger partial charge on any atom is 0.317 e. The minimum Gasteiger partial charge on any atom is -0.491 e. The van der Waals surface area contributed by atoms with Crippen molar-refractivity contribution in [2.45, 2.75) is 45.4 Å². The van der Waals surface area contributed by atoms with Crippen LogP contribution in [0.5, 0.6) is 5.75 Å². The minimum absolute atomic E-state index is 0.0441. The van der Waals surface area contributed by atoms with E-state index in [1.807, 2.05) is 23.1 Å². The molecule has 1 fully saturated rings. The summed E-state index contributed by atoms with van der Waals surface area (Å²) in [5.41, 5.74) is 1.21. The fraction of sp³-hybridized carbons (Fsp3) is 0.611. The van der Waals surface area contributed by atoms with Gasteiger partial charge in [-0.2, -0.15) is 0 Å². The van der Waals surface area contributed by atoms with Gasteiger partial charge < -0.3 is 15.0 Å². The summed E-state index contributed by atoms with van der Waals surface area (Å²) < 4.78 is 5.83. The van der Waals surface area contributed by atoms with Crippen LogP contribution in [-0.4, -0.2) is 37.2 Å². The van der Waals surface area contributed by atoms with Gasteiger partial charge in [0, 0.05) is 13.1 Å². The average Bonchev–Trinajstić information content (AvgIpc) is 2.81. The third-order valence-corrected chi connectivity index (χ3v) is 4.07. The first kappa shape index (κ1) is 16.7. The highest BCUT2D eigenvalue weighted by atomic mass is 16.5. The second kappa shape index (κ2) is 8.66. The number of carbonyl (C=O) groups excluding carboxylic acids is 1. The molecule has 0 aliphatic carbocycles. The first-order valence-electron chi connectivity index (χ1n) is 8.43. The van der Waals surface area contributed by atoms with Crippen LogP contribution in [-0.2, 0) is 0 Å². The van der Waals surface area contributed by atoms with Crippen molar-refractivity contribution in [3.05, 3.63) is 29.8 Å². The Labute approximate surface area is 133 Å². The summed E-state index contributed by atoms with van der Waals surface area (Å²) in [4.78, 5) is 14.0. The second-order valence-corrected chi connectivity index (χ2v) is 6.17. The van der Waals surface area contributed by atoms with Crippen molar-refractivity contribution in [2.75, 3.05) is 26.2 Å². The van der Waals surface area contributed by atoms with Gasteiger partial charge >= 0.3 is 6.03 Å². The molecule has 22 heavy (non-hydrogen) atoms. The maximum absolute atomic E-state index is 12.1. The molecule has 1 aromatic rings. The van der Waals surface area contributed by atoms with Gasteiger partial charge in [-0.05, 0) is 30.4 Å². The fourth-order valence-electron chi connectivity index (χ4n) is 2.79. The predicted octanol–water partition coefficient (Wildman–Crippen LogP) is 3.77. The highest BCUT2D eigenvalue weighted by Crippen LogP contribution is 2.25. The Hall–Kier alpha value is -1.71. The number of amides is 2. The smallest absolute Gasteiger partial charge is 0.317 e. The van der Waals surface area contributed by atoms with Gasteiger partial charge in [-0.3, -0.25) is 0 Å². The van der Waals surface area contributed by atoms with E-state index in [9.17, 15) is 4.79 Å². The highest BCUT2D eigenvalue weighted by molar-refractivity contribution is 5.74. The van der Waals surface area contributed by atoms with Crippen molar-refractivity contribution in [3.63, 3.8) is 0 Å². The van der Waals surface area contributed by atoms with E-state index in [0.29, 0.717) is 19.1 Å². The first-order valence-corrected chi connectivity index (χ1v) is 8.43. The molecule has 0 unspecified atom stereocenters. The molecule has 0 aromatic heterocycles. The number of likely N-dealkylation sites (tertiary alicyclic amines) is 1. The number of rotatable bonds is 5. The molecule has 1 saturated heterocycles. The van der Waals surface area contributed by atoms with Crippen molar-refractivity contribution in [1.82, 2.24) is 10.2 Å². The normalized spacial score (nSPS) is 15.5. The topological polar surface area (TPSA) is 41.6 Å². The lowest BCUT2D eigenvalue weighted by molar-refractivity contribution is 0.196. The van der Waals surface area contributed by atoms with Crippen LogP contribution in [0.25, 0.3) is 0 Å². The van der Waals surface area contributed by atoms with Crippen LogP contribution in [0, 0.1) is 0 Å². The van der Waals surface area contributed by atoms with Gasteiger partial charge in [0.15, 0.2) is 0 Å². The Morgan fingerprint density at radius 3 is 2.55 bits per heavy atom. The van der Waals surface area contributed by atoms with E-state index in [0.717, 1.165) is 31.7 Å². The molecule has 122 valence electrons. The zero-order valence-corrected chi connectivity index (χ0v) is 13.8. The van der Waals surface area contributed by atoms with Crippen LogP contribution >= 0.6 is 0 Å².